The van der Waals surface area contributed by atoms with Crippen molar-refractivity contribution < 1.29 is 0 Å². The Morgan fingerprint density at radius 1 is 1.44 bits per heavy atom. The largest absolute Gasteiger partial charge is 0.362 e. The maximum absolute atomic E-state index is 8.80. The summed E-state index contributed by atoms with van der Waals surface area (Å²) in [6.07, 6.45) is 0.958. The van der Waals surface area contributed by atoms with Crippen molar-refractivity contribution in [2.24, 2.45) is 0 Å². The fraction of sp³-hybridized carbons (Fsp3) is 0.308. The van der Waals surface area contributed by atoms with Gasteiger partial charge in [-0.15, -0.1) is 11.3 Å². The van der Waals surface area contributed by atoms with Gasteiger partial charge in [0.2, 0.25) is 0 Å². The molecule has 0 spiro atoms. The van der Waals surface area contributed by atoms with Gasteiger partial charge in [-0.3, -0.25) is 0 Å². The molecule has 0 aromatic carbocycles. The summed E-state index contributed by atoms with van der Waals surface area (Å²) in [5.41, 5.74) is 1.43. The molecule has 92 valence electrons. The van der Waals surface area contributed by atoms with Crippen LogP contribution in [-0.4, -0.2) is 9.97 Å². The Morgan fingerprint density at radius 3 is 2.94 bits per heavy atom. The van der Waals surface area contributed by atoms with E-state index in [0.29, 0.717) is 11.5 Å². The minimum absolute atomic E-state index is 0.0861. The Bertz CT molecular complexity index is 570. The standard InChI is InChI=1S/C13H14N4S/c1-3-13-17-11(8-18-13)9(2)15-12-6-4-5-10(7-14)16-12/h4-6,8-9H,3H2,1-2H3,(H,15,16). The van der Waals surface area contributed by atoms with E-state index in [1.165, 1.54) is 0 Å². The first kappa shape index (κ1) is 12.5. The van der Waals surface area contributed by atoms with Crippen LogP contribution in [0.1, 0.15) is 36.3 Å². The van der Waals surface area contributed by atoms with Crippen LogP contribution in [0.15, 0.2) is 23.6 Å². The molecule has 2 rings (SSSR count). The van der Waals surface area contributed by atoms with Crippen LogP contribution in [0.2, 0.25) is 0 Å². The Morgan fingerprint density at radius 2 is 2.28 bits per heavy atom. The van der Waals surface area contributed by atoms with E-state index < -0.39 is 0 Å². The molecule has 0 fully saturated rings. The van der Waals surface area contributed by atoms with Gasteiger partial charge in [0.15, 0.2) is 0 Å². The highest BCUT2D eigenvalue weighted by Crippen LogP contribution is 2.20. The monoisotopic (exact) mass is 258 g/mol. The van der Waals surface area contributed by atoms with Gasteiger partial charge in [-0.05, 0) is 25.5 Å². The van der Waals surface area contributed by atoms with Crippen molar-refractivity contribution in [2.45, 2.75) is 26.3 Å². The molecule has 0 aliphatic rings. The lowest BCUT2D eigenvalue weighted by Crippen LogP contribution is -2.08. The fourth-order valence-electron chi connectivity index (χ4n) is 1.56. The van der Waals surface area contributed by atoms with Gasteiger partial charge >= 0.3 is 0 Å². The normalized spacial score (nSPS) is 11.8. The number of anilines is 1. The number of thiazole rings is 1. The van der Waals surface area contributed by atoms with Gasteiger partial charge in [-0.1, -0.05) is 13.0 Å². The van der Waals surface area contributed by atoms with Crippen molar-refractivity contribution in [3.8, 4) is 6.07 Å². The van der Waals surface area contributed by atoms with Crippen LogP contribution >= 0.6 is 11.3 Å². The van der Waals surface area contributed by atoms with Crippen LogP contribution in [0.4, 0.5) is 5.82 Å². The Balaban J connectivity index is 2.11. The number of nitrogens with one attached hydrogen (secondary N) is 1. The number of nitrogens with zero attached hydrogens (tertiary/aromatic N) is 3. The highest BCUT2D eigenvalue weighted by atomic mass is 32.1. The maximum atomic E-state index is 8.80. The predicted molar refractivity (Wildman–Crippen MR) is 72.5 cm³/mol. The number of pyridine rings is 1. The van der Waals surface area contributed by atoms with Crippen LogP contribution in [0.5, 0.6) is 0 Å². The molecule has 18 heavy (non-hydrogen) atoms. The second-order valence-corrected chi connectivity index (χ2v) is 4.85. The Kier molecular flexibility index (Phi) is 3.90. The van der Waals surface area contributed by atoms with Crippen molar-refractivity contribution in [3.63, 3.8) is 0 Å². The molecule has 0 bridgehead atoms. The molecule has 2 aromatic heterocycles. The smallest absolute Gasteiger partial charge is 0.142 e. The first-order valence-corrected chi connectivity index (χ1v) is 6.69. The molecule has 1 N–H and O–H groups in total. The van der Waals surface area contributed by atoms with Crippen LogP contribution in [0.3, 0.4) is 0 Å². The molecule has 4 nitrogen and oxygen atoms in total. The quantitative estimate of drug-likeness (QED) is 0.915. The summed E-state index contributed by atoms with van der Waals surface area (Å²) in [5.74, 6) is 0.701. The molecule has 0 saturated carbocycles. The van der Waals surface area contributed by atoms with Gasteiger partial charge < -0.3 is 5.32 Å². The molecule has 5 heteroatoms. The average Bonchev–Trinajstić information content (AvgIpc) is 2.88. The number of aromatic nitrogens is 2. The van der Waals surface area contributed by atoms with Crippen LogP contribution in [0, 0.1) is 11.3 Å². The first-order valence-electron chi connectivity index (χ1n) is 5.81. The van der Waals surface area contributed by atoms with Crippen LogP contribution < -0.4 is 5.32 Å². The third kappa shape index (κ3) is 2.84. The molecule has 0 radical (unpaired) electrons. The second-order valence-electron chi connectivity index (χ2n) is 3.91. The number of nitriles is 1. The fourth-order valence-corrected chi connectivity index (χ4v) is 2.40. The van der Waals surface area contributed by atoms with Crippen molar-refractivity contribution in [1.29, 1.82) is 5.26 Å². The summed E-state index contributed by atoms with van der Waals surface area (Å²) in [6, 6.07) is 7.47. The van der Waals surface area contributed by atoms with Crippen molar-refractivity contribution in [2.75, 3.05) is 5.32 Å². The van der Waals surface area contributed by atoms with E-state index >= 15 is 0 Å². The number of hydrogen-bond acceptors (Lipinski definition) is 5. The van der Waals surface area contributed by atoms with Gasteiger partial charge in [0.25, 0.3) is 0 Å². The average molecular weight is 258 g/mol. The second kappa shape index (κ2) is 5.61. The molecule has 1 unspecified atom stereocenters. The molecular weight excluding hydrogens is 244 g/mol. The van der Waals surface area contributed by atoms with E-state index in [9.17, 15) is 0 Å². The van der Waals surface area contributed by atoms with Crippen molar-refractivity contribution in [1.82, 2.24) is 9.97 Å². The van der Waals surface area contributed by atoms with E-state index in [1.807, 2.05) is 25.1 Å². The number of aryl methyl sites for hydroxylation is 1. The Hall–Kier alpha value is -1.93. The predicted octanol–water partition coefficient (Wildman–Crippen LogP) is 3.15. The van der Waals surface area contributed by atoms with E-state index in [2.05, 4.69) is 27.6 Å². The van der Waals surface area contributed by atoms with Gasteiger partial charge in [0.05, 0.1) is 16.7 Å². The lowest BCUT2D eigenvalue weighted by molar-refractivity contribution is 0.832. The molecule has 1 atom stereocenters. The summed E-state index contributed by atoms with van der Waals surface area (Å²) < 4.78 is 0. The lowest BCUT2D eigenvalue weighted by Gasteiger charge is -2.12. The summed E-state index contributed by atoms with van der Waals surface area (Å²) in [6.45, 7) is 4.13. The van der Waals surface area contributed by atoms with Crippen LogP contribution in [-0.2, 0) is 6.42 Å². The van der Waals surface area contributed by atoms with Crippen LogP contribution in [0.25, 0.3) is 0 Å². The molecule has 0 saturated heterocycles. The third-order valence-corrected chi connectivity index (χ3v) is 3.56. The van der Waals surface area contributed by atoms with E-state index in [4.69, 9.17) is 5.26 Å². The molecule has 2 aromatic rings. The topological polar surface area (TPSA) is 61.6 Å². The summed E-state index contributed by atoms with van der Waals surface area (Å²) in [5, 5.41) is 15.2. The zero-order valence-electron chi connectivity index (χ0n) is 10.3. The van der Waals surface area contributed by atoms with Gasteiger partial charge in [-0.2, -0.15) is 5.26 Å². The van der Waals surface area contributed by atoms with Crippen molar-refractivity contribution in [3.05, 3.63) is 40.0 Å². The van der Waals surface area contributed by atoms with E-state index in [1.54, 1.807) is 17.4 Å². The lowest BCUT2D eigenvalue weighted by atomic mass is 10.2. The minimum Gasteiger partial charge on any atom is -0.362 e. The maximum Gasteiger partial charge on any atom is 0.142 e. The van der Waals surface area contributed by atoms with E-state index in [-0.39, 0.29) is 6.04 Å². The van der Waals surface area contributed by atoms with Gasteiger partial charge in [-0.25, -0.2) is 9.97 Å². The molecule has 0 aliphatic heterocycles. The number of hydrogen-bond donors (Lipinski definition) is 1. The minimum atomic E-state index is 0.0861. The summed E-state index contributed by atoms with van der Waals surface area (Å²) >= 11 is 1.67. The Labute approximate surface area is 110 Å². The molecule has 0 amide bonds. The zero-order valence-corrected chi connectivity index (χ0v) is 11.2. The van der Waals surface area contributed by atoms with Crippen molar-refractivity contribution >= 4 is 17.2 Å². The first-order chi connectivity index (χ1) is 8.72. The van der Waals surface area contributed by atoms with Gasteiger partial charge in [0, 0.05) is 5.38 Å². The summed E-state index contributed by atoms with van der Waals surface area (Å²) in [7, 11) is 0. The zero-order chi connectivity index (χ0) is 13.0. The molecule has 0 aliphatic carbocycles. The molecule has 2 heterocycles. The SMILES string of the molecule is CCc1nc(C(C)Nc2cccc(C#N)n2)cs1. The molecular formula is C13H14N4S. The third-order valence-electron chi connectivity index (χ3n) is 2.54. The number of rotatable bonds is 4. The van der Waals surface area contributed by atoms with E-state index in [0.717, 1.165) is 17.1 Å². The highest BCUT2D eigenvalue weighted by molar-refractivity contribution is 7.09. The highest BCUT2D eigenvalue weighted by Gasteiger charge is 2.10. The summed E-state index contributed by atoms with van der Waals surface area (Å²) in [4.78, 5) is 8.72. The van der Waals surface area contributed by atoms with Gasteiger partial charge in [0.1, 0.15) is 17.6 Å².